The standard InChI is InChI=1S/C9H8N2O3/c1-2-9(12)10-7-5-3-4-6-8(7)11(13)14/h2-6H,1H2,(H,10,12)/i9-1. The highest BCUT2D eigenvalue weighted by molar-refractivity contribution is 6.00. The lowest BCUT2D eigenvalue weighted by Crippen LogP contribution is -2.08. The summed E-state index contributed by atoms with van der Waals surface area (Å²) in [6.07, 6.45) is 1.05. The van der Waals surface area contributed by atoms with Gasteiger partial charge in [-0.3, -0.25) is 14.9 Å². The number of hydrogen-bond donors (Lipinski definition) is 1. The Morgan fingerprint density at radius 1 is 1.50 bits per heavy atom. The van der Waals surface area contributed by atoms with Crippen molar-refractivity contribution in [3.05, 3.63) is 47.0 Å². The fourth-order valence-electron chi connectivity index (χ4n) is 0.922. The zero-order valence-corrected chi connectivity index (χ0v) is 7.27. The lowest BCUT2D eigenvalue weighted by molar-refractivity contribution is -0.383. The third kappa shape index (κ3) is 2.16. The van der Waals surface area contributed by atoms with Crippen molar-refractivity contribution < 1.29 is 9.72 Å². The van der Waals surface area contributed by atoms with Gasteiger partial charge in [0.2, 0.25) is 5.91 Å². The maximum atomic E-state index is 10.9. The summed E-state index contributed by atoms with van der Waals surface area (Å²) in [7, 11) is 0. The van der Waals surface area contributed by atoms with Gasteiger partial charge in [-0.15, -0.1) is 0 Å². The van der Waals surface area contributed by atoms with Crippen molar-refractivity contribution in [1.82, 2.24) is 0 Å². The van der Waals surface area contributed by atoms with Gasteiger partial charge in [-0.2, -0.15) is 0 Å². The molecule has 0 heterocycles. The van der Waals surface area contributed by atoms with Crippen LogP contribution in [-0.2, 0) is 4.79 Å². The van der Waals surface area contributed by atoms with E-state index in [1.165, 1.54) is 18.2 Å². The normalized spacial score (nSPS) is 9.14. The van der Waals surface area contributed by atoms with Gasteiger partial charge in [0.15, 0.2) is 0 Å². The molecule has 5 heteroatoms. The monoisotopic (exact) mass is 191 g/mol. The second kappa shape index (κ2) is 4.18. The van der Waals surface area contributed by atoms with Gasteiger partial charge in [0.25, 0.3) is 5.69 Å². The summed E-state index contributed by atoms with van der Waals surface area (Å²) in [5.41, 5.74) is 0.0325. The number of nitro benzene ring substituents is 1. The molecule has 1 aromatic carbocycles. The highest BCUT2D eigenvalue weighted by atomic mass is 16.6. The smallest absolute Gasteiger partial charge is 0.292 e. The Hall–Kier alpha value is -2.17. The molecule has 0 atom stereocenters. The van der Waals surface area contributed by atoms with Crippen LogP contribution in [0.2, 0.25) is 0 Å². The first-order valence-corrected chi connectivity index (χ1v) is 3.82. The fraction of sp³-hybridized carbons (Fsp3) is 0. The largest absolute Gasteiger partial charge is 0.317 e. The highest BCUT2D eigenvalue weighted by Crippen LogP contribution is 2.22. The molecule has 72 valence electrons. The number of carbonyl (C=O) groups is 1. The Morgan fingerprint density at radius 3 is 2.71 bits per heavy atom. The van der Waals surface area contributed by atoms with E-state index in [1.54, 1.807) is 6.07 Å². The van der Waals surface area contributed by atoms with E-state index in [0.29, 0.717) is 0 Å². The van der Waals surface area contributed by atoms with E-state index in [2.05, 4.69) is 11.9 Å². The molecule has 0 aliphatic carbocycles. The lowest BCUT2D eigenvalue weighted by atomic mass is 10.0. The van der Waals surface area contributed by atoms with E-state index in [4.69, 9.17) is 0 Å². The first kappa shape index (κ1) is 9.91. The highest BCUT2D eigenvalue weighted by Gasteiger charge is 2.12. The summed E-state index contributed by atoms with van der Waals surface area (Å²) in [6, 6.07) is 5.91. The van der Waals surface area contributed by atoms with E-state index in [1.807, 2.05) is 0 Å². The molecule has 5 nitrogen and oxygen atoms in total. The van der Waals surface area contributed by atoms with Gasteiger partial charge >= 0.3 is 0 Å². The van der Waals surface area contributed by atoms with Crippen LogP contribution in [0.15, 0.2) is 36.9 Å². The van der Waals surface area contributed by atoms with Crippen LogP contribution in [-0.4, -0.2) is 10.8 Å². The second-order valence-corrected chi connectivity index (χ2v) is 2.47. The minimum atomic E-state index is -0.557. The summed E-state index contributed by atoms with van der Waals surface area (Å²) < 4.78 is 0. The SMILES string of the molecule is C=C[11C](=O)Nc1ccccc1[N+](=O)[O-]. The molecular formula is C9H8N2O3. The molecule has 1 N–H and O–H groups in total. The topological polar surface area (TPSA) is 72.2 Å². The third-order valence-corrected chi connectivity index (χ3v) is 1.54. The van der Waals surface area contributed by atoms with Gasteiger partial charge in [0, 0.05) is 6.07 Å². The number of benzene rings is 1. The molecule has 0 aliphatic heterocycles. The molecule has 0 spiro atoms. The van der Waals surface area contributed by atoms with Crippen molar-refractivity contribution >= 4 is 17.3 Å². The number of amides is 1. The van der Waals surface area contributed by atoms with Crippen molar-refractivity contribution in [2.75, 3.05) is 5.32 Å². The van der Waals surface area contributed by atoms with Crippen LogP contribution >= 0.6 is 0 Å². The lowest BCUT2D eigenvalue weighted by Gasteiger charge is -2.01. The first-order chi connectivity index (χ1) is 6.65. The molecule has 0 saturated carbocycles. The molecule has 1 aromatic rings. The summed E-state index contributed by atoms with van der Waals surface area (Å²) in [5, 5.41) is 12.9. The van der Waals surface area contributed by atoms with Crippen LogP contribution in [0.5, 0.6) is 0 Å². The van der Waals surface area contributed by atoms with Crippen molar-refractivity contribution in [2.24, 2.45) is 0 Å². The Morgan fingerprint density at radius 2 is 2.14 bits per heavy atom. The Bertz CT molecular complexity index is 387. The van der Waals surface area contributed by atoms with Crippen LogP contribution < -0.4 is 5.32 Å². The molecule has 0 aliphatic rings. The molecular weight excluding hydrogens is 183 g/mol. The van der Waals surface area contributed by atoms with E-state index < -0.39 is 10.8 Å². The van der Waals surface area contributed by atoms with Crippen LogP contribution in [0, 0.1) is 10.1 Å². The zero-order chi connectivity index (χ0) is 10.6. The van der Waals surface area contributed by atoms with E-state index in [9.17, 15) is 14.9 Å². The summed E-state index contributed by atoms with van der Waals surface area (Å²) in [6.45, 7) is 3.25. The summed E-state index contributed by atoms with van der Waals surface area (Å²) in [5.74, 6) is -0.473. The predicted octanol–water partition coefficient (Wildman–Crippen LogP) is 1.72. The number of nitro groups is 1. The molecule has 0 bridgehead atoms. The average molecular weight is 191 g/mol. The third-order valence-electron chi connectivity index (χ3n) is 1.54. The van der Waals surface area contributed by atoms with Gasteiger partial charge < -0.3 is 5.32 Å². The van der Waals surface area contributed by atoms with Gasteiger partial charge in [-0.25, -0.2) is 0 Å². The maximum Gasteiger partial charge on any atom is 0.292 e. The molecule has 1 rings (SSSR count). The molecule has 0 unspecified atom stereocenters. The van der Waals surface area contributed by atoms with Gasteiger partial charge in [-0.1, -0.05) is 18.7 Å². The van der Waals surface area contributed by atoms with Gasteiger partial charge in [0.05, 0.1) is 4.92 Å². The van der Waals surface area contributed by atoms with Crippen LogP contribution in [0.1, 0.15) is 0 Å². The Labute approximate surface area is 80.2 Å². The number of hydrogen-bond acceptors (Lipinski definition) is 3. The van der Waals surface area contributed by atoms with Crippen molar-refractivity contribution in [3.63, 3.8) is 0 Å². The quantitative estimate of drug-likeness (QED) is 0.449. The number of nitrogens with zero attached hydrogens (tertiary/aromatic N) is 1. The molecule has 0 saturated heterocycles. The van der Waals surface area contributed by atoms with E-state index in [-0.39, 0.29) is 11.4 Å². The van der Waals surface area contributed by atoms with Crippen LogP contribution in [0.4, 0.5) is 11.4 Å². The number of nitrogens with one attached hydrogen (secondary N) is 1. The van der Waals surface area contributed by atoms with Crippen molar-refractivity contribution in [2.45, 2.75) is 0 Å². The first-order valence-electron chi connectivity index (χ1n) is 3.82. The minimum absolute atomic E-state index is 0.136. The Balaban J connectivity index is 3.01. The van der Waals surface area contributed by atoms with E-state index in [0.717, 1.165) is 6.08 Å². The van der Waals surface area contributed by atoms with Crippen molar-refractivity contribution in [1.29, 1.82) is 0 Å². The maximum absolute atomic E-state index is 10.9. The Kier molecular flexibility index (Phi) is 2.96. The van der Waals surface area contributed by atoms with Crippen molar-refractivity contribution in [3.8, 4) is 0 Å². The number of carbonyl (C=O) groups excluding carboxylic acids is 1. The number of para-hydroxylation sites is 2. The average Bonchev–Trinajstić information content (AvgIpc) is 2.18. The molecule has 1 amide bonds. The molecule has 14 heavy (non-hydrogen) atoms. The zero-order valence-electron chi connectivity index (χ0n) is 7.27. The van der Waals surface area contributed by atoms with Crippen LogP contribution in [0.3, 0.4) is 0 Å². The molecule has 0 radical (unpaired) electrons. The molecule has 0 aromatic heterocycles. The number of rotatable bonds is 3. The van der Waals surface area contributed by atoms with Gasteiger partial charge in [-0.05, 0) is 12.1 Å². The predicted molar refractivity (Wildman–Crippen MR) is 51.9 cm³/mol. The second-order valence-electron chi connectivity index (χ2n) is 2.47. The summed E-state index contributed by atoms with van der Waals surface area (Å²) >= 11 is 0. The van der Waals surface area contributed by atoms with Gasteiger partial charge in [0.1, 0.15) is 5.69 Å². The van der Waals surface area contributed by atoms with E-state index >= 15 is 0 Å². The minimum Gasteiger partial charge on any atom is -0.317 e. The number of anilines is 1. The summed E-state index contributed by atoms with van der Waals surface area (Å²) in [4.78, 5) is 20.9. The molecule has 0 fully saturated rings. The fourth-order valence-corrected chi connectivity index (χ4v) is 0.922. The van der Waals surface area contributed by atoms with Crippen LogP contribution in [0.25, 0.3) is 0 Å².